The van der Waals surface area contributed by atoms with Gasteiger partial charge in [-0.3, -0.25) is 10.1 Å². The Morgan fingerprint density at radius 2 is 2.29 bits per heavy atom. The second-order valence-electron chi connectivity index (χ2n) is 4.03. The van der Waals surface area contributed by atoms with Crippen LogP contribution in [0.25, 0.3) is 0 Å². The molecular formula is C12H9FN2O4S2. The molecule has 2 rings (SSSR count). The van der Waals surface area contributed by atoms with E-state index in [2.05, 4.69) is 4.98 Å². The van der Waals surface area contributed by atoms with E-state index in [1.54, 1.807) is 6.92 Å². The number of rotatable bonds is 5. The number of nitrogens with zero attached hydrogens (tertiary/aromatic N) is 2. The Hall–Kier alpha value is -2.00. The Bertz CT molecular complexity index is 717. The first-order valence-electron chi connectivity index (χ1n) is 5.65. The first kappa shape index (κ1) is 15.4. The normalized spacial score (nSPS) is 10.6. The highest BCUT2D eigenvalue weighted by molar-refractivity contribution is 8.00. The summed E-state index contributed by atoms with van der Waals surface area (Å²) in [5.74, 6) is -1.57. The zero-order chi connectivity index (χ0) is 15.6. The predicted molar refractivity (Wildman–Crippen MR) is 76.4 cm³/mol. The van der Waals surface area contributed by atoms with Crippen molar-refractivity contribution < 1.29 is 19.2 Å². The van der Waals surface area contributed by atoms with Gasteiger partial charge in [-0.1, -0.05) is 17.8 Å². The molecule has 0 radical (unpaired) electrons. The molecular weight excluding hydrogens is 319 g/mol. The third kappa shape index (κ3) is 3.56. The molecule has 0 saturated carbocycles. The third-order valence-electron chi connectivity index (χ3n) is 2.54. The molecule has 1 aromatic carbocycles. The SMILES string of the molecule is Cc1nc(SCc2ccc([N+](=O)[O-])c(F)c2)sc1C(=O)O. The van der Waals surface area contributed by atoms with Gasteiger partial charge < -0.3 is 5.11 Å². The zero-order valence-corrected chi connectivity index (χ0v) is 12.3. The van der Waals surface area contributed by atoms with Gasteiger partial charge in [-0.25, -0.2) is 9.78 Å². The number of thiazole rings is 1. The Labute approximate surface area is 126 Å². The molecule has 0 unspecified atom stereocenters. The fourth-order valence-corrected chi connectivity index (χ4v) is 3.54. The second-order valence-corrected chi connectivity index (χ2v) is 6.25. The van der Waals surface area contributed by atoms with Gasteiger partial charge in [0.05, 0.1) is 10.6 Å². The molecule has 0 aliphatic heterocycles. The lowest BCUT2D eigenvalue weighted by Crippen LogP contribution is -1.94. The van der Waals surface area contributed by atoms with Gasteiger partial charge in [0.2, 0.25) is 5.82 Å². The number of hydrogen-bond acceptors (Lipinski definition) is 6. The summed E-state index contributed by atoms with van der Waals surface area (Å²) < 4.78 is 14.0. The Morgan fingerprint density at radius 1 is 1.57 bits per heavy atom. The highest BCUT2D eigenvalue weighted by Gasteiger charge is 2.16. The summed E-state index contributed by atoms with van der Waals surface area (Å²) in [6, 6.07) is 3.68. The molecule has 0 spiro atoms. The van der Waals surface area contributed by atoms with Gasteiger partial charge in [0.15, 0.2) is 4.34 Å². The van der Waals surface area contributed by atoms with E-state index in [1.165, 1.54) is 17.8 Å². The van der Waals surface area contributed by atoms with Crippen LogP contribution in [0.4, 0.5) is 10.1 Å². The molecule has 0 bridgehead atoms. The first-order valence-corrected chi connectivity index (χ1v) is 7.45. The standard InChI is InChI=1S/C12H9FN2O4S2/c1-6-10(11(16)17)21-12(14-6)20-5-7-2-3-9(15(18)19)8(13)4-7/h2-4H,5H2,1H3,(H,16,17). The lowest BCUT2D eigenvalue weighted by atomic mass is 10.2. The number of aryl methyl sites for hydroxylation is 1. The largest absolute Gasteiger partial charge is 0.477 e. The van der Waals surface area contributed by atoms with Crippen molar-refractivity contribution in [1.82, 2.24) is 4.98 Å². The van der Waals surface area contributed by atoms with Gasteiger partial charge in [0, 0.05) is 11.8 Å². The Kier molecular flexibility index (Phi) is 4.53. The molecule has 0 aliphatic carbocycles. The summed E-state index contributed by atoms with van der Waals surface area (Å²) >= 11 is 2.31. The third-order valence-corrected chi connectivity index (χ3v) is 4.90. The topological polar surface area (TPSA) is 93.3 Å². The van der Waals surface area contributed by atoms with Crippen molar-refractivity contribution in [2.45, 2.75) is 17.0 Å². The number of benzene rings is 1. The minimum atomic E-state index is -1.03. The van der Waals surface area contributed by atoms with Crippen molar-refractivity contribution in [3.8, 4) is 0 Å². The number of carboxylic acid groups (broad SMARTS) is 1. The van der Waals surface area contributed by atoms with Crippen molar-refractivity contribution in [1.29, 1.82) is 0 Å². The smallest absolute Gasteiger partial charge is 0.347 e. The van der Waals surface area contributed by atoms with E-state index in [4.69, 9.17) is 5.11 Å². The van der Waals surface area contributed by atoms with Crippen molar-refractivity contribution in [2.75, 3.05) is 0 Å². The monoisotopic (exact) mass is 328 g/mol. The van der Waals surface area contributed by atoms with Crippen molar-refractivity contribution in [3.05, 3.63) is 50.3 Å². The molecule has 0 amide bonds. The molecule has 1 N–H and O–H groups in total. The van der Waals surface area contributed by atoms with Crippen molar-refractivity contribution in [2.24, 2.45) is 0 Å². The second kappa shape index (κ2) is 6.19. The number of thioether (sulfide) groups is 1. The minimum absolute atomic E-state index is 0.174. The molecule has 9 heteroatoms. The molecule has 2 aromatic rings. The number of carbonyl (C=O) groups is 1. The number of aromatic nitrogens is 1. The number of nitro benzene ring substituents is 1. The van der Waals surface area contributed by atoms with E-state index in [1.807, 2.05) is 0 Å². The van der Waals surface area contributed by atoms with Crippen LogP contribution in [0.15, 0.2) is 22.5 Å². The van der Waals surface area contributed by atoms with E-state index in [-0.39, 0.29) is 4.88 Å². The zero-order valence-electron chi connectivity index (χ0n) is 10.7. The lowest BCUT2D eigenvalue weighted by Gasteiger charge is -2.00. The van der Waals surface area contributed by atoms with Gasteiger partial charge in [-0.2, -0.15) is 4.39 Å². The maximum absolute atomic E-state index is 13.5. The summed E-state index contributed by atoms with van der Waals surface area (Å²) in [7, 11) is 0. The summed E-state index contributed by atoms with van der Waals surface area (Å²) in [5.41, 5.74) is 0.430. The maximum Gasteiger partial charge on any atom is 0.347 e. The van der Waals surface area contributed by atoms with Crippen LogP contribution in [-0.2, 0) is 5.75 Å². The number of hydrogen-bond donors (Lipinski definition) is 1. The van der Waals surface area contributed by atoms with E-state index in [0.29, 0.717) is 21.3 Å². The van der Waals surface area contributed by atoms with Crippen LogP contribution >= 0.6 is 23.1 Å². The fourth-order valence-electron chi connectivity index (χ4n) is 1.57. The quantitative estimate of drug-likeness (QED) is 0.513. The molecule has 21 heavy (non-hydrogen) atoms. The van der Waals surface area contributed by atoms with E-state index < -0.39 is 22.4 Å². The summed E-state index contributed by atoms with van der Waals surface area (Å²) in [6.45, 7) is 1.61. The number of nitro groups is 1. The Morgan fingerprint density at radius 3 is 2.81 bits per heavy atom. The van der Waals surface area contributed by atoms with E-state index in [9.17, 15) is 19.3 Å². The molecule has 1 aromatic heterocycles. The van der Waals surface area contributed by atoms with Crippen LogP contribution in [0.2, 0.25) is 0 Å². The van der Waals surface area contributed by atoms with Crippen LogP contribution in [0.5, 0.6) is 0 Å². The highest BCUT2D eigenvalue weighted by atomic mass is 32.2. The van der Waals surface area contributed by atoms with Crippen molar-refractivity contribution in [3.63, 3.8) is 0 Å². The van der Waals surface area contributed by atoms with E-state index >= 15 is 0 Å². The predicted octanol–water partition coefficient (Wildman–Crippen LogP) is 3.49. The molecule has 110 valence electrons. The number of carboxylic acids is 1. The average Bonchev–Trinajstić information content (AvgIpc) is 2.77. The van der Waals surface area contributed by atoms with Crippen LogP contribution in [-0.4, -0.2) is 21.0 Å². The first-order chi connectivity index (χ1) is 9.88. The van der Waals surface area contributed by atoms with Gasteiger partial charge in [0.25, 0.3) is 0 Å². The summed E-state index contributed by atoms with van der Waals surface area (Å²) in [4.78, 5) is 24.9. The van der Waals surface area contributed by atoms with Gasteiger partial charge in [0.1, 0.15) is 4.88 Å². The molecule has 0 saturated heterocycles. The van der Waals surface area contributed by atoms with Crippen molar-refractivity contribution >= 4 is 34.8 Å². The Balaban J connectivity index is 2.10. The summed E-state index contributed by atoms with van der Waals surface area (Å²) in [5, 5.41) is 19.4. The molecule has 0 atom stereocenters. The highest BCUT2D eigenvalue weighted by Crippen LogP contribution is 2.30. The van der Waals surface area contributed by atoms with Crippen LogP contribution < -0.4 is 0 Å². The molecule has 6 nitrogen and oxygen atoms in total. The number of halogens is 1. The average molecular weight is 328 g/mol. The minimum Gasteiger partial charge on any atom is -0.477 e. The molecule has 1 heterocycles. The maximum atomic E-state index is 13.5. The fraction of sp³-hybridized carbons (Fsp3) is 0.167. The lowest BCUT2D eigenvalue weighted by molar-refractivity contribution is -0.387. The summed E-state index contributed by atoms with van der Waals surface area (Å²) in [6.07, 6.45) is 0. The van der Waals surface area contributed by atoms with Gasteiger partial charge >= 0.3 is 11.7 Å². The number of aromatic carboxylic acids is 1. The van der Waals surface area contributed by atoms with Gasteiger partial charge in [-0.05, 0) is 18.6 Å². The van der Waals surface area contributed by atoms with Gasteiger partial charge in [-0.15, -0.1) is 11.3 Å². The van der Waals surface area contributed by atoms with Crippen LogP contribution in [0.1, 0.15) is 20.9 Å². The van der Waals surface area contributed by atoms with E-state index in [0.717, 1.165) is 23.5 Å². The van der Waals surface area contributed by atoms with Crippen LogP contribution in [0.3, 0.4) is 0 Å². The molecule has 0 aliphatic rings. The van der Waals surface area contributed by atoms with Crippen LogP contribution in [0, 0.1) is 22.9 Å². The molecule has 0 fully saturated rings.